The number of carbonyl (C=O) groups is 6. The van der Waals surface area contributed by atoms with Crippen molar-refractivity contribution in [3.05, 3.63) is 12.7 Å². The minimum absolute atomic E-state index is 0.00333. The van der Waals surface area contributed by atoms with Crippen LogP contribution in [0.1, 0.15) is 93.9 Å². The quantitative estimate of drug-likeness (QED) is 0.0550. The first kappa shape index (κ1) is 42.5. The molecule has 2 unspecified atom stereocenters. The van der Waals surface area contributed by atoms with Crippen molar-refractivity contribution in [3.8, 4) is 0 Å². The van der Waals surface area contributed by atoms with Crippen molar-refractivity contribution in [2.45, 2.75) is 129 Å². The van der Waals surface area contributed by atoms with Gasteiger partial charge in [-0.2, -0.15) is 0 Å². The summed E-state index contributed by atoms with van der Waals surface area (Å²) in [4.78, 5) is 74.5. The average molecular weight is 656 g/mol. The van der Waals surface area contributed by atoms with E-state index >= 15 is 0 Å². The van der Waals surface area contributed by atoms with Gasteiger partial charge in [0.25, 0.3) is 0 Å². The van der Waals surface area contributed by atoms with Crippen molar-refractivity contribution in [1.29, 1.82) is 0 Å². The summed E-state index contributed by atoms with van der Waals surface area (Å²) in [6.45, 7) is 18.9. The largest absolute Gasteiger partial charge is 0.461 e. The number of carbonyl (C=O) groups excluding carboxylic acids is 6. The Hall–Kier alpha value is -3.52. The number of nitrogens with one attached hydrogen (secondary N) is 5. The molecule has 0 heterocycles. The van der Waals surface area contributed by atoms with Gasteiger partial charge in [0.2, 0.25) is 30.0 Å². The first-order valence-corrected chi connectivity index (χ1v) is 15.8. The van der Waals surface area contributed by atoms with Crippen molar-refractivity contribution in [1.82, 2.24) is 26.6 Å². The molecule has 46 heavy (non-hydrogen) atoms. The fourth-order valence-electron chi connectivity index (χ4n) is 4.02. The average Bonchev–Trinajstić information content (AvgIpc) is 2.93. The van der Waals surface area contributed by atoms with E-state index in [4.69, 9.17) is 14.2 Å². The Bertz CT molecular complexity index is 998. The van der Waals surface area contributed by atoms with E-state index in [0.717, 1.165) is 0 Å². The van der Waals surface area contributed by atoms with E-state index in [1.165, 1.54) is 6.08 Å². The second-order valence-electron chi connectivity index (χ2n) is 12.9. The van der Waals surface area contributed by atoms with Gasteiger partial charge in [-0.15, -0.1) is 0 Å². The Kier molecular flexibility index (Phi) is 20.4. The molecule has 0 aromatic rings. The van der Waals surface area contributed by atoms with Crippen LogP contribution >= 0.6 is 0 Å². The van der Waals surface area contributed by atoms with Crippen LogP contribution in [0.15, 0.2) is 12.7 Å². The van der Waals surface area contributed by atoms with Gasteiger partial charge in [0, 0.05) is 37.1 Å². The molecule has 5 N–H and O–H groups in total. The van der Waals surface area contributed by atoms with Gasteiger partial charge in [0.15, 0.2) is 0 Å². The molecule has 0 aliphatic heterocycles. The summed E-state index contributed by atoms with van der Waals surface area (Å²) in [5.74, 6) is -2.75. The van der Waals surface area contributed by atoms with Crippen molar-refractivity contribution >= 4 is 36.0 Å². The summed E-state index contributed by atoms with van der Waals surface area (Å²) in [5, 5.41) is 13.2. The van der Waals surface area contributed by atoms with Gasteiger partial charge in [0.1, 0.15) is 18.7 Å². The highest BCUT2D eigenvalue weighted by molar-refractivity contribution is 5.92. The lowest BCUT2D eigenvalue weighted by Gasteiger charge is -2.30. The maximum atomic E-state index is 13.3. The molecule has 0 saturated heterocycles. The second-order valence-corrected chi connectivity index (χ2v) is 12.9. The molecule has 0 fully saturated rings. The molecule has 264 valence electrons. The minimum Gasteiger partial charge on any atom is -0.461 e. The third kappa shape index (κ3) is 21.3. The number of hydrogen-bond acceptors (Lipinski definition) is 9. The van der Waals surface area contributed by atoms with E-state index < -0.39 is 53.4 Å². The second kappa shape index (κ2) is 22.1. The smallest absolute Gasteiger partial charge is 0.306 e. The van der Waals surface area contributed by atoms with Crippen molar-refractivity contribution in [2.24, 2.45) is 0 Å². The zero-order valence-electron chi connectivity index (χ0n) is 28.9. The van der Waals surface area contributed by atoms with E-state index in [-0.39, 0.29) is 50.4 Å². The molecule has 0 aromatic heterocycles. The van der Waals surface area contributed by atoms with E-state index in [1.807, 2.05) is 55.4 Å². The maximum absolute atomic E-state index is 13.3. The lowest BCUT2D eigenvalue weighted by atomic mass is 9.99. The number of hydrogen-bond donors (Lipinski definition) is 5. The third-order valence-corrected chi connectivity index (χ3v) is 6.62. The molecule has 0 aliphatic carbocycles. The molecule has 2 atom stereocenters. The van der Waals surface area contributed by atoms with Crippen molar-refractivity contribution < 1.29 is 43.0 Å². The molecule has 0 aliphatic rings. The maximum Gasteiger partial charge on any atom is 0.306 e. The Balaban J connectivity index is 5.41. The van der Waals surface area contributed by atoms with Crippen LogP contribution in [0.5, 0.6) is 0 Å². The van der Waals surface area contributed by atoms with Crippen LogP contribution < -0.4 is 26.6 Å². The van der Waals surface area contributed by atoms with Gasteiger partial charge in [-0.1, -0.05) is 12.7 Å². The molecular formula is C32H57N5O9. The normalized spacial score (nSPS) is 12.9. The lowest BCUT2D eigenvalue weighted by Crippen LogP contribution is -2.55. The summed E-state index contributed by atoms with van der Waals surface area (Å²) in [5.41, 5.74) is -1.23. The summed E-state index contributed by atoms with van der Waals surface area (Å²) < 4.78 is 16.1. The molecule has 14 nitrogen and oxygen atoms in total. The van der Waals surface area contributed by atoms with Crippen LogP contribution in [0.4, 0.5) is 0 Å². The standard InChI is InChI=1S/C32H57N5O9/c1-10-17-46-28(41)14-12-24(34-21-38)29(42)33-20-27(40)35-25(30(43)37-32(8,9)16-19-45-23(4)5)11-13-26(39)36-31(6,7)15-18-44-22(2)3/h10,21-25H,1,11-20H2,2-9H3,(H,33,42)(H,34,38)(H,35,40)(H,36,39)(H,37,43). The van der Waals surface area contributed by atoms with E-state index in [0.29, 0.717) is 32.5 Å². The van der Waals surface area contributed by atoms with E-state index in [1.54, 1.807) is 0 Å². The van der Waals surface area contributed by atoms with Crippen molar-refractivity contribution in [2.75, 3.05) is 26.4 Å². The zero-order chi connectivity index (χ0) is 35.3. The predicted molar refractivity (Wildman–Crippen MR) is 173 cm³/mol. The highest BCUT2D eigenvalue weighted by Gasteiger charge is 2.29. The van der Waals surface area contributed by atoms with Crippen LogP contribution in [-0.2, 0) is 43.0 Å². The van der Waals surface area contributed by atoms with E-state index in [9.17, 15) is 28.8 Å². The molecular weight excluding hydrogens is 598 g/mol. The number of ether oxygens (including phenoxy) is 3. The summed E-state index contributed by atoms with van der Waals surface area (Å²) in [6.07, 6.45) is 2.64. The van der Waals surface area contributed by atoms with Gasteiger partial charge in [0.05, 0.1) is 18.8 Å². The Morgan fingerprint density at radius 2 is 1.30 bits per heavy atom. The first-order valence-electron chi connectivity index (χ1n) is 15.8. The Labute approximate surface area is 273 Å². The van der Waals surface area contributed by atoms with Crippen LogP contribution in [0, 0.1) is 0 Å². The summed E-state index contributed by atoms with van der Waals surface area (Å²) in [6, 6.07) is -2.18. The molecule has 0 aromatic carbocycles. The molecule has 0 spiro atoms. The van der Waals surface area contributed by atoms with Gasteiger partial charge in [-0.05, 0) is 81.1 Å². The fourth-order valence-corrected chi connectivity index (χ4v) is 4.02. The molecule has 14 heteroatoms. The van der Waals surface area contributed by atoms with Gasteiger partial charge >= 0.3 is 5.97 Å². The summed E-state index contributed by atoms with van der Waals surface area (Å²) in [7, 11) is 0. The summed E-state index contributed by atoms with van der Waals surface area (Å²) >= 11 is 0. The monoisotopic (exact) mass is 655 g/mol. The molecule has 0 radical (unpaired) electrons. The van der Waals surface area contributed by atoms with Crippen LogP contribution in [-0.4, -0.2) is 97.7 Å². The zero-order valence-corrected chi connectivity index (χ0v) is 28.9. The van der Waals surface area contributed by atoms with Crippen LogP contribution in [0.3, 0.4) is 0 Å². The van der Waals surface area contributed by atoms with E-state index in [2.05, 4.69) is 33.2 Å². The van der Waals surface area contributed by atoms with Gasteiger partial charge < -0.3 is 40.8 Å². The number of esters is 1. The Morgan fingerprint density at radius 3 is 1.83 bits per heavy atom. The number of rotatable bonds is 25. The predicted octanol–water partition coefficient (Wildman–Crippen LogP) is 1.41. The SMILES string of the molecule is C=CCOC(=O)CCC(NC=O)C(=O)NCC(=O)NC(CCC(=O)NC(C)(C)CCOC(C)C)C(=O)NC(C)(C)CCOC(C)C. The first-order chi connectivity index (χ1) is 21.4. The van der Waals surface area contributed by atoms with Crippen molar-refractivity contribution in [3.63, 3.8) is 0 Å². The van der Waals surface area contributed by atoms with Gasteiger partial charge in [-0.25, -0.2) is 0 Å². The highest BCUT2D eigenvalue weighted by atomic mass is 16.5. The lowest BCUT2D eigenvalue weighted by molar-refractivity contribution is -0.143. The molecule has 0 bridgehead atoms. The highest BCUT2D eigenvalue weighted by Crippen LogP contribution is 2.13. The third-order valence-electron chi connectivity index (χ3n) is 6.62. The van der Waals surface area contributed by atoms with Crippen LogP contribution in [0.2, 0.25) is 0 Å². The minimum atomic E-state index is -1.09. The van der Waals surface area contributed by atoms with Gasteiger partial charge in [-0.3, -0.25) is 28.8 Å². The number of amides is 5. The molecule has 0 saturated carbocycles. The van der Waals surface area contributed by atoms with Crippen LogP contribution in [0.25, 0.3) is 0 Å². The fraction of sp³-hybridized carbons (Fsp3) is 0.750. The molecule has 0 rings (SSSR count). The topological polar surface area (TPSA) is 190 Å². The Morgan fingerprint density at radius 1 is 0.761 bits per heavy atom. The molecule has 5 amide bonds.